The van der Waals surface area contributed by atoms with Crippen molar-refractivity contribution in [3.8, 4) is 0 Å². The Morgan fingerprint density at radius 3 is 2.27 bits per heavy atom. The number of benzene rings is 2. The molecule has 13 heteroatoms. The van der Waals surface area contributed by atoms with Crippen LogP contribution in [0.3, 0.4) is 0 Å². The third kappa shape index (κ3) is 8.86. The molecule has 0 fully saturated rings. The number of aliphatic carboxylic acids is 2. The molecule has 1 atom stereocenters. The lowest BCUT2D eigenvalue weighted by Crippen LogP contribution is -2.81. The predicted molar refractivity (Wildman–Crippen MR) is 142 cm³/mol. The number of nitrogens with zero attached hydrogens (tertiary/aromatic N) is 3. The maximum absolute atomic E-state index is 12.9. The molecule has 2 aromatic carbocycles. The highest BCUT2D eigenvalue weighted by atomic mass is 19.4. The number of alkyl halides is 3. The van der Waals surface area contributed by atoms with Crippen LogP contribution < -0.4 is 21.4 Å². The molecule has 0 amide bonds. The molecule has 3 aromatic rings. The number of halogens is 3. The number of amidine groups is 1. The van der Waals surface area contributed by atoms with Crippen molar-refractivity contribution in [1.82, 2.24) is 9.55 Å². The number of carbonyl (C=O) groups is 2. The molecule has 0 bridgehead atoms. The first-order valence-corrected chi connectivity index (χ1v) is 12.4. The summed E-state index contributed by atoms with van der Waals surface area (Å²) in [4.78, 5) is 41.7. The van der Waals surface area contributed by atoms with E-state index in [1.54, 1.807) is 12.4 Å². The number of nitrogens with one attached hydrogen (secondary N) is 1. The lowest BCUT2D eigenvalue weighted by Gasteiger charge is -2.20. The Morgan fingerprint density at radius 2 is 1.73 bits per heavy atom. The largest absolute Gasteiger partial charge is 0.542 e. The van der Waals surface area contributed by atoms with Gasteiger partial charge < -0.3 is 20.3 Å². The summed E-state index contributed by atoms with van der Waals surface area (Å²) >= 11 is 0. The number of quaternary nitrogens is 1. The first kappa shape index (κ1) is 30.8. The van der Waals surface area contributed by atoms with Crippen LogP contribution in [0.15, 0.2) is 76.9 Å². The molecule has 4 rings (SSSR count). The second kappa shape index (κ2) is 13.5. The fourth-order valence-corrected chi connectivity index (χ4v) is 3.94. The standard InChI is InChI=1S/C26H27N5O3.C2HF3O2/c1-17-3-7-20(8-4-17)22(15-23(32)33)31-16-18(2)24(30-26(31)34)27-12-11-19-5-9-21(10-6-19)25-28-13-14-29-25;3-2(4,5)1(6)7/h3-10,13-14,16,22H,11-12,15H2,1-2H3,(H,28,29)(H,32,33)(H,27,30,34);(H,6,7). The van der Waals surface area contributed by atoms with Gasteiger partial charge in [-0.2, -0.15) is 23.1 Å². The Hall–Kier alpha value is -4.78. The maximum Gasteiger partial charge on any atom is 0.430 e. The van der Waals surface area contributed by atoms with Gasteiger partial charge >= 0.3 is 17.8 Å². The molecular weight excluding hydrogens is 543 g/mol. The van der Waals surface area contributed by atoms with Gasteiger partial charge in [0.15, 0.2) is 0 Å². The molecule has 0 radical (unpaired) electrons. The molecule has 0 saturated heterocycles. The van der Waals surface area contributed by atoms with Gasteiger partial charge in [-0.15, -0.1) is 0 Å². The van der Waals surface area contributed by atoms with Crippen molar-refractivity contribution in [2.45, 2.75) is 38.9 Å². The monoisotopic (exact) mass is 571 g/mol. The van der Waals surface area contributed by atoms with Crippen molar-refractivity contribution in [2.24, 2.45) is 4.99 Å². The van der Waals surface area contributed by atoms with Crippen molar-refractivity contribution in [1.29, 1.82) is 0 Å². The number of hydrogen-bond donors (Lipinski definition) is 3. The molecule has 10 nitrogen and oxygen atoms in total. The van der Waals surface area contributed by atoms with Gasteiger partial charge in [-0.25, -0.2) is 4.79 Å². The Labute approximate surface area is 232 Å². The van der Waals surface area contributed by atoms with Crippen molar-refractivity contribution < 1.29 is 38.3 Å². The number of carboxylic acids is 2. The summed E-state index contributed by atoms with van der Waals surface area (Å²) in [5, 5.41) is 23.4. The molecule has 1 aromatic heterocycles. The van der Waals surface area contributed by atoms with E-state index in [1.807, 2.05) is 49.6 Å². The van der Waals surface area contributed by atoms with Gasteiger partial charge in [0.1, 0.15) is 18.0 Å². The van der Waals surface area contributed by atoms with Crippen LogP contribution in [0, 0.1) is 13.8 Å². The van der Waals surface area contributed by atoms with Crippen molar-refractivity contribution in [2.75, 3.05) is 11.9 Å². The van der Waals surface area contributed by atoms with Crippen molar-refractivity contribution >= 4 is 23.6 Å². The van der Waals surface area contributed by atoms with Gasteiger partial charge in [-0.3, -0.25) is 14.7 Å². The first-order chi connectivity index (χ1) is 19.3. The molecular formula is C28H28F3N5O5. The van der Waals surface area contributed by atoms with Gasteiger partial charge in [0, 0.05) is 18.3 Å². The second-order valence-corrected chi connectivity index (χ2v) is 9.17. The average molecular weight is 572 g/mol. The third-order valence-corrected chi connectivity index (χ3v) is 6.04. The summed E-state index contributed by atoms with van der Waals surface area (Å²) in [6.07, 6.45) is 0.756. The van der Waals surface area contributed by atoms with Crippen LogP contribution in [0.25, 0.3) is 0 Å². The fourth-order valence-electron chi connectivity index (χ4n) is 3.94. The van der Waals surface area contributed by atoms with Crippen LogP contribution in [0.2, 0.25) is 0 Å². The Balaban J connectivity index is 0.000000587. The summed E-state index contributed by atoms with van der Waals surface area (Å²) in [5.41, 5.74) is 4.36. The lowest BCUT2D eigenvalue weighted by atomic mass is 10.0. The predicted octanol–water partition coefficient (Wildman–Crippen LogP) is 1.67. The van der Waals surface area contributed by atoms with E-state index in [0.29, 0.717) is 12.4 Å². The third-order valence-electron chi connectivity index (χ3n) is 6.04. The molecule has 216 valence electrons. The Morgan fingerprint density at radius 1 is 1.10 bits per heavy atom. The number of hydrogen-bond acceptors (Lipinski definition) is 7. The number of aryl methyl sites for hydroxylation is 2. The van der Waals surface area contributed by atoms with Gasteiger partial charge in [0.2, 0.25) is 5.84 Å². The van der Waals surface area contributed by atoms with E-state index in [0.717, 1.165) is 40.1 Å². The molecule has 1 aliphatic heterocycles. The molecule has 0 spiro atoms. The molecule has 1 unspecified atom stereocenters. The molecule has 2 heterocycles. The minimum absolute atomic E-state index is 0.201. The minimum Gasteiger partial charge on any atom is -0.542 e. The summed E-state index contributed by atoms with van der Waals surface area (Å²) in [7, 11) is 0. The average Bonchev–Trinajstić information content (AvgIpc) is 3.45. The molecule has 1 aliphatic rings. The summed E-state index contributed by atoms with van der Waals surface area (Å²) in [5.74, 6) is -2.52. The van der Waals surface area contributed by atoms with E-state index in [1.165, 1.54) is 4.57 Å². The van der Waals surface area contributed by atoms with Crippen molar-refractivity contribution in [3.63, 3.8) is 0 Å². The first-order valence-electron chi connectivity index (χ1n) is 12.4. The summed E-state index contributed by atoms with van der Waals surface area (Å²) < 4.78 is 33.0. The van der Waals surface area contributed by atoms with E-state index in [-0.39, 0.29) is 6.42 Å². The van der Waals surface area contributed by atoms with E-state index >= 15 is 0 Å². The highest BCUT2D eigenvalue weighted by Gasteiger charge is 2.28. The highest BCUT2D eigenvalue weighted by Crippen LogP contribution is 2.22. The molecule has 0 aliphatic carbocycles. The quantitative estimate of drug-likeness (QED) is 0.353. The number of nitrogens with two attached hydrogens (primary N) is 1. The lowest BCUT2D eigenvalue weighted by molar-refractivity contribution is -0.456. The Kier molecular flexibility index (Phi) is 10.1. The van der Waals surface area contributed by atoms with Gasteiger partial charge in [0.05, 0.1) is 24.2 Å². The summed E-state index contributed by atoms with van der Waals surface area (Å²) in [6.45, 7) is 4.44. The Bertz CT molecular complexity index is 1500. The molecule has 0 saturated carbocycles. The maximum atomic E-state index is 12.9. The highest BCUT2D eigenvalue weighted by molar-refractivity contribution is 5.92. The van der Waals surface area contributed by atoms with Gasteiger partial charge in [-0.1, -0.05) is 42.0 Å². The zero-order valence-corrected chi connectivity index (χ0v) is 22.2. The second-order valence-electron chi connectivity index (χ2n) is 9.17. The normalized spacial score (nSPS) is 13.1. The van der Waals surface area contributed by atoms with Crippen molar-refractivity contribution in [3.05, 3.63) is 105 Å². The van der Waals surface area contributed by atoms with E-state index in [9.17, 15) is 27.9 Å². The number of aliphatic imine (C=N–C) groups is 1. The van der Waals surface area contributed by atoms with Crippen LogP contribution >= 0.6 is 0 Å². The van der Waals surface area contributed by atoms with E-state index in [4.69, 9.17) is 9.90 Å². The van der Waals surface area contributed by atoms with E-state index < -0.39 is 29.8 Å². The number of rotatable bonds is 9. The SMILES string of the molecule is Cc1ccc(C(CC(=O)O)n2cc(C)c(NCCc3ccc(C4=NC=C[NH2+]4)cc3)nc2=O)cc1.O=C([O-])C(F)(F)F. The molecule has 4 N–H and O–H groups in total. The smallest absolute Gasteiger partial charge is 0.430 e. The van der Waals surface area contributed by atoms with Crippen LogP contribution in [0.4, 0.5) is 19.0 Å². The minimum atomic E-state index is -5.19. The number of aromatic nitrogens is 2. The summed E-state index contributed by atoms with van der Waals surface area (Å²) in [6, 6.07) is 15.2. The topological polar surface area (TPSA) is 153 Å². The van der Waals surface area contributed by atoms with Gasteiger partial charge in [-0.05, 0) is 43.5 Å². The fraction of sp³-hybridized carbons (Fsp3) is 0.250. The van der Waals surface area contributed by atoms with Crippen LogP contribution in [0.1, 0.15) is 40.3 Å². The number of carboxylic acid groups (broad SMARTS) is 2. The van der Waals surface area contributed by atoms with Gasteiger partial charge in [0.25, 0.3) is 0 Å². The van der Waals surface area contributed by atoms with Crippen LogP contribution in [-0.2, 0) is 16.0 Å². The number of anilines is 1. The van der Waals surface area contributed by atoms with Crippen LogP contribution in [0.5, 0.6) is 0 Å². The zero-order chi connectivity index (χ0) is 30.2. The number of carbonyl (C=O) groups excluding carboxylic acids is 1. The van der Waals surface area contributed by atoms with Crippen LogP contribution in [-0.4, -0.2) is 45.2 Å². The molecule has 41 heavy (non-hydrogen) atoms. The van der Waals surface area contributed by atoms with E-state index in [2.05, 4.69) is 39.6 Å². The zero-order valence-electron chi connectivity index (χ0n) is 22.2.